The fraction of sp³-hybridized carbons (Fsp3) is 0.632. The van der Waals surface area contributed by atoms with Crippen LogP contribution in [0.25, 0.3) is 0 Å². The molecule has 0 bridgehead atoms. The van der Waals surface area contributed by atoms with Crippen molar-refractivity contribution in [2.45, 2.75) is 110 Å². The standard InChI is InChI=1S/C38H54ClN3O3/c1-5-7-10-28(6-2)37(43)42(24-27-13-16-30(39)17-14-27)31-19-22-41(25-31)21-9-12-32-33-11-8-20-40-35(33)26-45-36-18-15-29(23-34(32)36)38(3,4)44/h12-13,15-16,18,20,28-29,31,44H,5-11,14,17,19,21-26H2,1-4H3/b32-12+/t28?,29?,31-/m0/s1. The van der Waals surface area contributed by atoms with Crippen LogP contribution in [-0.2, 0) is 9.53 Å². The van der Waals surface area contributed by atoms with E-state index in [4.69, 9.17) is 21.3 Å². The summed E-state index contributed by atoms with van der Waals surface area (Å²) in [6.07, 6.45) is 23.2. The zero-order valence-electron chi connectivity index (χ0n) is 28.0. The van der Waals surface area contributed by atoms with E-state index in [1.807, 2.05) is 26.1 Å². The summed E-state index contributed by atoms with van der Waals surface area (Å²) in [5, 5.41) is 11.7. The molecule has 7 heteroatoms. The first-order valence-electron chi connectivity index (χ1n) is 17.5. The van der Waals surface area contributed by atoms with E-state index in [2.05, 4.69) is 48.0 Å². The van der Waals surface area contributed by atoms with E-state index in [-0.39, 0.29) is 17.9 Å². The summed E-state index contributed by atoms with van der Waals surface area (Å²) in [6, 6.07) is 0.238. The fourth-order valence-corrected chi connectivity index (χ4v) is 7.55. The highest BCUT2D eigenvalue weighted by Crippen LogP contribution is 2.42. The summed E-state index contributed by atoms with van der Waals surface area (Å²) in [4.78, 5) is 23.5. The van der Waals surface area contributed by atoms with E-state index in [0.717, 1.165) is 113 Å². The van der Waals surface area contributed by atoms with Crippen molar-refractivity contribution in [3.63, 3.8) is 0 Å². The second-order valence-corrected chi connectivity index (χ2v) is 14.5. The van der Waals surface area contributed by atoms with Gasteiger partial charge in [0.05, 0.1) is 11.3 Å². The molecule has 2 aliphatic carbocycles. The molecule has 1 saturated heterocycles. The average molecular weight is 636 g/mol. The van der Waals surface area contributed by atoms with E-state index >= 15 is 0 Å². The van der Waals surface area contributed by atoms with Gasteiger partial charge in [-0.1, -0.05) is 62.1 Å². The van der Waals surface area contributed by atoms with Gasteiger partial charge in [-0.05, 0) is 94.9 Å². The molecule has 0 aromatic rings. The number of allylic oxidation sites excluding steroid dienone is 7. The van der Waals surface area contributed by atoms with Crippen LogP contribution >= 0.6 is 11.6 Å². The van der Waals surface area contributed by atoms with Crippen molar-refractivity contribution in [3.05, 3.63) is 69.2 Å². The van der Waals surface area contributed by atoms with Gasteiger partial charge in [0, 0.05) is 60.9 Å². The number of aliphatic hydroxyl groups is 1. The molecule has 45 heavy (non-hydrogen) atoms. The largest absolute Gasteiger partial charge is 0.487 e. The third-order valence-corrected chi connectivity index (χ3v) is 10.6. The molecule has 3 atom stereocenters. The average Bonchev–Trinajstić information content (AvgIpc) is 3.44. The summed E-state index contributed by atoms with van der Waals surface area (Å²) in [5.41, 5.74) is 5.31. The number of aliphatic imine (C=N–C) groups is 1. The van der Waals surface area contributed by atoms with Crippen molar-refractivity contribution in [2.75, 3.05) is 32.8 Å². The highest BCUT2D eigenvalue weighted by molar-refractivity contribution is 6.29. The van der Waals surface area contributed by atoms with Crippen molar-refractivity contribution in [2.24, 2.45) is 16.8 Å². The van der Waals surface area contributed by atoms with Gasteiger partial charge in [-0.2, -0.15) is 0 Å². The first-order chi connectivity index (χ1) is 21.7. The maximum absolute atomic E-state index is 14.0. The fourth-order valence-electron chi connectivity index (χ4n) is 7.39. The molecular formula is C38H54ClN3O3. The lowest BCUT2D eigenvalue weighted by Crippen LogP contribution is -2.46. The third kappa shape index (κ3) is 8.50. The Morgan fingerprint density at radius 1 is 1.24 bits per heavy atom. The molecule has 5 aliphatic rings. The first-order valence-corrected chi connectivity index (χ1v) is 17.8. The van der Waals surface area contributed by atoms with E-state index in [0.29, 0.717) is 12.5 Å². The minimum atomic E-state index is -0.800. The molecule has 1 fully saturated rings. The topological polar surface area (TPSA) is 65.4 Å². The van der Waals surface area contributed by atoms with E-state index in [1.54, 1.807) is 0 Å². The molecular weight excluding hydrogens is 582 g/mol. The SMILES string of the molecule is CCCCC(CC)C(=O)N(CC1=CC=C(Cl)CC1)[C@H]1CCN(CC/C=C2\C3=C(COC4=C2CC(C(C)(C)O)C=C4)N=CCC3)C1. The summed E-state index contributed by atoms with van der Waals surface area (Å²) < 4.78 is 6.27. The van der Waals surface area contributed by atoms with Gasteiger partial charge in [0.25, 0.3) is 0 Å². The van der Waals surface area contributed by atoms with Crippen molar-refractivity contribution >= 4 is 23.7 Å². The summed E-state index contributed by atoms with van der Waals surface area (Å²) in [7, 11) is 0. The number of likely N-dealkylation sites (tertiary alicyclic amines) is 1. The predicted octanol–water partition coefficient (Wildman–Crippen LogP) is 8.02. The van der Waals surface area contributed by atoms with Gasteiger partial charge in [0.1, 0.15) is 12.4 Å². The molecule has 0 radical (unpaired) electrons. The van der Waals surface area contributed by atoms with Gasteiger partial charge in [0.2, 0.25) is 5.91 Å². The molecule has 0 saturated carbocycles. The molecule has 246 valence electrons. The second kappa shape index (κ2) is 15.5. The molecule has 2 unspecified atom stereocenters. The zero-order chi connectivity index (χ0) is 32.0. The monoisotopic (exact) mass is 635 g/mol. The lowest BCUT2D eigenvalue weighted by atomic mass is 9.78. The number of carbonyl (C=O) groups excluding carboxylic acids is 1. The molecule has 0 aromatic heterocycles. The number of carbonyl (C=O) groups is 1. The van der Waals surface area contributed by atoms with Crippen LogP contribution in [0.1, 0.15) is 98.3 Å². The zero-order valence-corrected chi connectivity index (χ0v) is 28.7. The first kappa shape index (κ1) is 33.9. The van der Waals surface area contributed by atoms with Crippen LogP contribution in [0, 0.1) is 11.8 Å². The lowest BCUT2D eigenvalue weighted by Gasteiger charge is -2.34. The van der Waals surface area contributed by atoms with Crippen molar-refractivity contribution < 1.29 is 14.6 Å². The number of nitrogens with zero attached hydrogens (tertiary/aromatic N) is 3. The smallest absolute Gasteiger partial charge is 0.226 e. The van der Waals surface area contributed by atoms with Crippen LogP contribution in [0.2, 0.25) is 0 Å². The van der Waals surface area contributed by atoms with Crippen molar-refractivity contribution in [3.8, 4) is 0 Å². The highest BCUT2D eigenvalue weighted by atomic mass is 35.5. The Morgan fingerprint density at radius 2 is 2.09 bits per heavy atom. The van der Waals surface area contributed by atoms with Crippen LogP contribution < -0.4 is 0 Å². The van der Waals surface area contributed by atoms with Crippen LogP contribution in [0.5, 0.6) is 0 Å². The second-order valence-electron chi connectivity index (χ2n) is 14.0. The molecule has 0 aromatic carbocycles. The molecule has 5 rings (SSSR count). The van der Waals surface area contributed by atoms with Crippen molar-refractivity contribution in [1.82, 2.24) is 9.80 Å². The molecule has 3 heterocycles. The Bertz CT molecular complexity index is 1310. The number of unbranched alkanes of at least 4 members (excludes halogenated alkanes) is 1. The Balaban J connectivity index is 1.30. The number of hydrogen-bond donors (Lipinski definition) is 1. The Morgan fingerprint density at radius 3 is 2.82 bits per heavy atom. The number of ether oxygens (including phenoxy) is 1. The maximum Gasteiger partial charge on any atom is 0.226 e. The predicted molar refractivity (Wildman–Crippen MR) is 185 cm³/mol. The molecule has 0 spiro atoms. The quantitative estimate of drug-likeness (QED) is 0.236. The van der Waals surface area contributed by atoms with E-state index in [9.17, 15) is 9.90 Å². The summed E-state index contributed by atoms with van der Waals surface area (Å²) >= 11 is 6.26. The molecule has 6 nitrogen and oxygen atoms in total. The highest BCUT2D eigenvalue weighted by Gasteiger charge is 2.35. The van der Waals surface area contributed by atoms with Gasteiger partial charge in [-0.3, -0.25) is 9.79 Å². The number of rotatable bonds is 12. The van der Waals surface area contributed by atoms with Gasteiger partial charge >= 0.3 is 0 Å². The van der Waals surface area contributed by atoms with Gasteiger partial charge in [-0.15, -0.1) is 0 Å². The number of halogens is 1. The summed E-state index contributed by atoms with van der Waals surface area (Å²) in [5.74, 6) is 1.40. The van der Waals surface area contributed by atoms with E-state index < -0.39 is 5.60 Å². The van der Waals surface area contributed by atoms with Crippen molar-refractivity contribution in [1.29, 1.82) is 0 Å². The van der Waals surface area contributed by atoms with E-state index in [1.165, 1.54) is 22.3 Å². The number of hydrogen-bond acceptors (Lipinski definition) is 5. The minimum Gasteiger partial charge on any atom is -0.487 e. The van der Waals surface area contributed by atoms with Gasteiger partial charge in [-0.25, -0.2) is 0 Å². The molecule has 3 aliphatic heterocycles. The Labute approximate surface area is 276 Å². The van der Waals surface area contributed by atoms with Gasteiger partial charge < -0.3 is 19.6 Å². The Kier molecular flexibility index (Phi) is 11.7. The molecule has 1 N–H and O–H groups in total. The normalized spacial score (nSPS) is 25.4. The summed E-state index contributed by atoms with van der Waals surface area (Å²) in [6.45, 7) is 12.2. The van der Waals surface area contributed by atoms with Crippen LogP contribution in [-0.4, -0.2) is 71.5 Å². The van der Waals surface area contributed by atoms with Crippen LogP contribution in [0.3, 0.4) is 0 Å². The van der Waals surface area contributed by atoms with Crippen LogP contribution in [0.4, 0.5) is 0 Å². The number of amides is 1. The van der Waals surface area contributed by atoms with Gasteiger partial charge in [0.15, 0.2) is 0 Å². The third-order valence-electron chi connectivity index (χ3n) is 10.3. The minimum absolute atomic E-state index is 0.0374. The van der Waals surface area contributed by atoms with Crippen LogP contribution in [0.15, 0.2) is 74.2 Å². The maximum atomic E-state index is 14.0. The Hall–Kier alpha value is -2.41. The molecule has 1 amide bonds. The lowest BCUT2D eigenvalue weighted by molar-refractivity contribution is -0.137.